The third-order valence-electron chi connectivity index (χ3n) is 16.0. The number of aryl methyl sites for hydroxylation is 1. The molecule has 35 heteroatoms. The van der Waals surface area contributed by atoms with E-state index in [9.17, 15) is 37.8 Å². The second kappa shape index (κ2) is 42.3. The first-order chi connectivity index (χ1) is 51.1. The van der Waals surface area contributed by atoms with Gasteiger partial charge in [0.25, 0.3) is 0 Å². The number of nitrogens with two attached hydrogens (primary N) is 6. The number of aromatic nitrogens is 15. The molecule has 0 saturated carbocycles. The molecule has 0 bridgehead atoms. The highest BCUT2D eigenvalue weighted by molar-refractivity contribution is 5.94. The number of nitrogens with zero attached hydrogens (tertiary/aromatic N) is 15. The standard InChI is InChI=1S/C17H25N5O2.C15H22N6O.C15H21N5O2.C13H19N5O.C12H14F3N5/c1-4-6-11(13(23)8-9-17(2,3)24)20-15-14-12(7-5-10-19-14)21-16(18)22-15;1-2-5-10(12(22)7-3-8-16)19-14-13-11(6-4-9-18-13)20-15(17)21-14;1-2-5-10(12(22)7-4-9-21)18-14-13-11(6-3-8-17-13)19-15(16)20-14;1-3-4-9(7-19)16-12-11-10(17-13(14)18-12)6-5-8(2)15-11;1-2-3-6-17-10-9-7(18-11(16)20-10)4-5-8(19-9)12(13,14)15/h5,7,10-11,24H,4,6,8-9H2,1-3H3,(H3,18,20,21,22);4,6,9-10H,2-3,5,7-8,16H2,1H3,(H3,17,19,20,21);3,6,8,10,21H,2,4-5,7,9H2,1H3,(H3,16,18,19,20);5-6,9,19H,3-4,7H2,1-2H3,(H3,14,16,17,18);4-5H,2-3,6H2,1H3,(H3,16,17,18,20)/t11-;2*10-;9-;/m0000./s1. The van der Waals surface area contributed by atoms with Crippen LogP contribution < -0.4 is 61.0 Å². The maximum absolute atomic E-state index is 12.7. The zero-order valence-corrected chi connectivity index (χ0v) is 61.8. The zero-order chi connectivity index (χ0) is 78.2. The van der Waals surface area contributed by atoms with Gasteiger partial charge in [-0.05, 0) is 139 Å². The Morgan fingerprint density at radius 2 is 0.841 bits per heavy atom. The molecule has 0 aliphatic carbocycles. The van der Waals surface area contributed by atoms with Crippen LogP contribution in [0.5, 0.6) is 0 Å². The monoisotopic (exact) mass is 1480 g/mol. The fourth-order valence-corrected chi connectivity index (χ4v) is 10.7. The SMILES string of the molecule is CCCCNc1nc(N)nc2ccc(C(F)(F)F)nc12.CCC[C@@H](CO)Nc1nc(N)nc2ccc(C)nc12.CCC[C@H](Nc1nc(N)nc2cccnc12)C(=O)CCC(C)(C)O.CCC[C@H](Nc1nc(N)nc2cccnc12)C(=O)CCCN.CCC[C@H](Nc1nc(N)nc2cccnc12)C(=O)CCCO. The Hall–Kier alpha value is -10.9. The van der Waals surface area contributed by atoms with E-state index in [2.05, 4.69) is 108 Å². The molecule has 0 fully saturated rings. The summed E-state index contributed by atoms with van der Waals surface area (Å²) in [6, 6.07) is 15.5. The van der Waals surface area contributed by atoms with Crippen molar-refractivity contribution in [3.63, 3.8) is 0 Å². The first kappa shape index (κ1) is 85.0. The van der Waals surface area contributed by atoms with E-state index in [-0.39, 0.29) is 95.3 Å². The number of anilines is 10. The molecule has 0 saturated heterocycles. The third kappa shape index (κ3) is 26.9. The molecule has 0 aromatic carbocycles. The number of halogens is 3. The van der Waals surface area contributed by atoms with Crippen LogP contribution in [0.4, 0.5) is 72.0 Å². The van der Waals surface area contributed by atoms with Crippen LogP contribution in [-0.4, -0.2) is 164 Å². The Kier molecular flexibility index (Phi) is 33.6. The smallest absolute Gasteiger partial charge is 0.396 e. The molecule has 0 radical (unpaired) electrons. The Morgan fingerprint density at radius 3 is 1.22 bits per heavy atom. The summed E-state index contributed by atoms with van der Waals surface area (Å²) in [7, 11) is 0. The number of pyridine rings is 5. The molecule has 32 nitrogen and oxygen atoms in total. The predicted octanol–water partition coefficient (Wildman–Crippen LogP) is 9.66. The van der Waals surface area contributed by atoms with Gasteiger partial charge < -0.3 is 76.3 Å². The van der Waals surface area contributed by atoms with E-state index in [1.807, 2.05) is 52.8 Å². The van der Waals surface area contributed by atoms with Crippen LogP contribution in [0, 0.1) is 6.92 Å². The van der Waals surface area contributed by atoms with Gasteiger partial charge in [0.2, 0.25) is 29.7 Å². The molecule has 0 aliphatic heterocycles. The molecular formula is C72H101F3N26O6. The van der Waals surface area contributed by atoms with E-state index in [1.165, 1.54) is 6.07 Å². The summed E-state index contributed by atoms with van der Waals surface area (Å²) < 4.78 is 38.1. The molecule has 0 amide bonds. The first-order valence-corrected chi connectivity index (χ1v) is 35.8. The lowest BCUT2D eigenvalue weighted by molar-refractivity contribution is -0.141. The highest BCUT2D eigenvalue weighted by atomic mass is 19.4. The molecule has 20 N–H and O–H groups in total. The molecule has 10 rings (SSSR count). The summed E-state index contributed by atoms with van der Waals surface area (Å²) in [5.41, 5.74) is 38.4. The van der Waals surface area contributed by atoms with Crippen LogP contribution in [0.25, 0.3) is 55.2 Å². The number of hydrogen-bond acceptors (Lipinski definition) is 32. The fraction of sp³-hybridized carbons (Fsp3) is 0.472. The number of fused-ring (bicyclic) bond motifs is 5. The van der Waals surface area contributed by atoms with Crippen molar-refractivity contribution in [1.29, 1.82) is 0 Å². The number of unbranched alkanes of at least 4 members (excludes halogenated alkanes) is 1. The van der Waals surface area contributed by atoms with Crippen LogP contribution in [0.15, 0.2) is 79.3 Å². The molecule has 10 aromatic heterocycles. The maximum Gasteiger partial charge on any atom is 0.433 e. The van der Waals surface area contributed by atoms with Crippen LogP contribution >= 0.6 is 0 Å². The number of ketones is 3. The normalized spacial score (nSPS) is 12.4. The van der Waals surface area contributed by atoms with E-state index in [0.29, 0.717) is 132 Å². The number of carbonyl (C=O) groups is 3. The Morgan fingerprint density at radius 1 is 0.458 bits per heavy atom. The predicted molar refractivity (Wildman–Crippen MR) is 413 cm³/mol. The minimum atomic E-state index is -4.50. The topological polar surface area (TPSA) is 522 Å². The molecule has 0 spiro atoms. The van der Waals surface area contributed by atoms with E-state index >= 15 is 0 Å². The van der Waals surface area contributed by atoms with Gasteiger partial charge in [0.15, 0.2) is 46.4 Å². The van der Waals surface area contributed by atoms with Gasteiger partial charge in [-0.1, -0.05) is 66.7 Å². The van der Waals surface area contributed by atoms with Crippen LogP contribution in [0.2, 0.25) is 0 Å². The molecule has 10 heterocycles. The van der Waals surface area contributed by atoms with Gasteiger partial charge in [-0.2, -0.15) is 38.1 Å². The van der Waals surface area contributed by atoms with Gasteiger partial charge >= 0.3 is 6.18 Å². The van der Waals surface area contributed by atoms with Crippen LogP contribution in [0.3, 0.4) is 0 Å². The van der Waals surface area contributed by atoms with Gasteiger partial charge in [-0.15, -0.1) is 0 Å². The minimum absolute atomic E-state index is 0.00180. The molecule has 10 aromatic rings. The van der Waals surface area contributed by atoms with E-state index in [4.69, 9.17) is 39.5 Å². The molecular weight excluding hydrogens is 1380 g/mol. The quantitative estimate of drug-likeness (QED) is 0.0170. The molecule has 0 aliphatic rings. The van der Waals surface area contributed by atoms with Crippen LogP contribution in [-0.2, 0) is 20.6 Å². The minimum Gasteiger partial charge on any atom is -0.396 e. The molecule has 107 heavy (non-hydrogen) atoms. The molecule has 576 valence electrons. The van der Waals surface area contributed by atoms with Crippen LogP contribution in [0.1, 0.15) is 163 Å². The number of aliphatic hydroxyl groups excluding tert-OH is 2. The van der Waals surface area contributed by atoms with Crippen molar-refractivity contribution in [2.75, 3.05) is 81.6 Å². The van der Waals surface area contributed by atoms with Crippen molar-refractivity contribution >= 4 is 131 Å². The average molecular weight is 1480 g/mol. The van der Waals surface area contributed by atoms with Crippen molar-refractivity contribution in [2.45, 2.75) is 194 Å². The van der Waals surface area contributed by atoms with E-state index < -0.39 is 23.5 Å². The number of nitrogen functional groups attached to an aromatic ring is 5. The second-order valence-electron chi connectivity index (χ2n) is 25.6. The lowest BCUT2D eigenvalue weighted by Gasteiger charge is -2.21. The van der Waals surface area contributed by atoms with Crippen molar-refractivity contribution in [1.82, 2.24) is 74.8 Å². The highest BCUT2D eigenvalue weighted by Gasteiger charge is 2.33. The maximum atomic E-state index is 12.7. The summed E-state index contributed by atoms with van der Waals surface area (Å²) in [4.78, 5) is 99.1. The molecule has 4 atom stereocenters. The number of Topliss-reactive ketones (excluding diaryl/α,β-unsaturated/α-hetero) is 3. The molecule has 0 unspecified atom stereocenters. The zero-order valence-electron chi connectivity index (χ0n) is 61.8. The summed E-state index contributed by atoms with van der Waals surface area (Å²) in [6.07, 6.45) is 11.4. The third-order valence-corrected chi connectivity index (χ3v) is 16.0. The number of nitrogens with one attached hydrogen (secondary N) is 5. The second-order valence-corrected chi connectivity index (χ2v) is 25.6. The van der Waals surface area contributed by atoms with Gasteiger partial charge in [-0.3, -0.25) is 29.3 Å². The Bertz CT molecular complexity index is 4390. The lowest BCUT2D eigenvalue weighted by atomic mass is 9.96. The number of hydrogen-bond donors (Lipinski definition) is 14. The summed E-state index contributed by atoms with van der Waals surface area (Å²) in [6.45, 7) is 16.6. The summed E-state index contributed by atoms with van der Waals surface area (Å²) in [5, 5.41) is 43.7. The highest BCUT2D eigenvalue weighted by Crippen LogP contribution is 2.31. The number of carbonyl (C=O) groups excluding carboxylic acids is 3. The summed E-state index contributed by atoms with van der Waals surface area (Å²) >= 11 is 0. The van der Waals surface area contributed by atoms with Gasteiger partial charge in [-0.25, -0.2) is 34.9 Å². The van der Waals surface area contributed by atoms with Gasteiger partial charge in [0, 0.05) is 56.7 Å². The number of rotatable bonds is 33. The van der Waals surface area contributed by atoms with Gasteiger partial charge in [0.05, 0.1) is 64.0 Å². The van der Waals surface area contributed by atoms with E-state index in [0.717, 1.165) is 63.1 Å². The van der Waals surface area contributed by atoms with E-state index in [1.54, 1.807) is 62.8 Å². The largest absolute Gasteiger partial charge is 0.433 e. The van der Waals surface area contributed by atoms with Crippen molar-refractivity contribution in [3.05, 3.63) is 90.6 Å². The average Bonchev–Trinajstić information content (AvgIpc) is 0.811. The number of aliphatic hydroxyl groups is 3. The van der Waals surface area contributed by atoms with Crippen molar-refractivity contribution < 1.29 is 42.9 Å². The lowest BCUT2D eigenvalue weighted by Crippen LogP contribution is -2.32. The first-order valence-electron chi connectivity index (χ1n) is 35.8. The van der Waals surface area contributed by atoms with Gasteiger partial charge in [0.1, 0.15) is 33.3 Å². The summed E-state index contributed by atoms with van der Waals surface area (Å²) in [5.74, 6) is 3.12. The van der Waals surface area contributed by atoms with Crippen molar-refractivity contribution in [3.8, 4) is 0 Å². The number of alkyl halides is 3. The fourth-order valence-electron chi connectivity index (χ4n) is 10.7. The van der Waals surface area contributed by atoms with Crippen molar-refractivity contribution in [2.24, 2.45) is 5.73 Å². The Balaban J connectivity index is 0.000000210. The Labute approximate surface area is 618 Å².